The number of likely N-dealkylation sites (N-methyl/N-ethyl adjacent to an activating group) is 1. The third-order valence-corrected chi connectivity index (χ3v) is 3.22. The summed E-state index contributed by atoms with van der Waals surface area (Å²) in [7, 11) is 6.15. The highest BCUT2D eigenvalue weighted by Gasteiger charge is 2.18. The van der Waals surface area contributed by atoms with E-state index in [-0.39, 0.29) is 11.8 Å². The normalized spacial score (nSPS) is 13.0. The van der Waals surface area contributed by atoms with Crippen molar-refractivity contribution in [2.75, 3.05) is 34.2 Å². The van der Waals surface area contributed by atoms with Crippen molar-refractivity contribution in [3.8, 4) is 0 Å². The van der Waals surface area contributed by atoms with Gasteiger partial charge in [0.05, 0.1) is 6.04 Å². The molecular formula is C15H24N2O. The maximum absolute atomic E-state index is 12.2. The number of hydrogen-bond acceptors (Lipinski definition) is 3. The topological polar surface area (TPSA) is 23.6 Å². The molecule has 0 aliphatic rings. The Hall–Kier alpha value is -1.19. The van der Waals surface area contributed by atoms with Crippen LogP contribution in [0.4, 0.5) is 0 Å². The number of carbonyl (C=O) groups is 1. The van der Waals surface area contributed by atoms with E-state index in [2.05, 4.69) is 23.9 Å². The molecule has 0 N–H and O–H groups in total. The smallest absolute Gasteiger partial charge is 0.179 e. The largest absolute Gasteiger partial charge is 0.309 e. The Balaban J connectivity index is 2.48. The molecule has 0 spiro atoms. The highest BCUT2D eigenvalue weighted by molar-refractivity contribution is 5.99. The lowest BCUT2D eigenvalue weighted by atomic mass is 10.0. The molecule has 1 unspecified atom stereocenters. The van der Waals surface area contributed by atoms with Crippen molar-refractivity contribution in [3.63, 3.8) is 0 Å². The molecule has 0 aliphatic heterocycles. The molecule has 0 amide bonds. The molecule has 3 nitrogen and oxygen atoms in total. The summed E-state index contributed by atoms with van der Waals surface area (Å²) in [5, 5.41) is 0. The fraction of sp³-hybridized carbons (Fsp3) is 0.533. The van der Waals surface area contributed by atoms with Crippen molar-refractivity contribution < 1.29 is 4.79 Å². The molecule has 0 heterocycles. The van der Waals surface area contributed by atoms with Gasteiger partial charge in [0.15, 0.2) is 5.78 Å². The van der Waals surface area contributed by atoms with E-state index in [0.717, 1.165) is 25.1 Å². The SMILES string of the molecule is CC(C(=O)c1ccccc1)N(C)CCCN(C)C. The second kappa shape index (κ2) is 7.29. The van der Waals surface area contributed by atoms with Crippen molar-refractivity contribution in [1.82, 2.24) is 9.80 Å². The predicted molar refractivity (Wildman–Crippen MR) is 76.0 cm³/mol. The first kappa shape index (κ1) is 14.9. The van der Waals surface area contributed by atoms with Crippen molar-refractivity contribution >= 4 is 5.78 Å². The number of nitrogens with zero attached hydrogens (tertiary/aromatic N) is 2. The van der Waals surface area contributed by atoms with Crippen LogP contribution >= 0.6 is 0 Å². The molecule has 1 atom stereocenters. The fourth-order valence-electron chi connectivity index (χ4n) is 1.87. The van der Waals surface area contributed by atoms with Gasteiger partial charge in [-0.15, -0.1) is 0 Å². The summed E-state index contributed by atoms with van der Waals surface area (Å²) in [6.45, 7) is 3.97. The summed E-state index contributed by atoms with van der Waals surface area (Å²) >= 11 is 0. The van der Waals surface area contributed by atoms with Gasteiger partial charge in [-0.05, 0) is 47.6 Å². The van der Waals surface area contributed by atoms with E-state index in [9.17, 15) is 4.79 Å². The maximum atomic E-state index is 12.2. The molecule has 1 aromatic carbocycles. The lowest BCUT2D eigenvalue weighted by Gasteiger charge is -2.24. The quantitative estimate of drug-likeness (QED) is 0.691. The maximum Gasteiger partial charge on any atom is 0.179 e. The van der Waals surface area contributed by atoms with Gasteiger partial charge in [-0.25, -0.2) is 0 Å². The summed E-state index contributed by atoms with van der Waals surface area (Å²) in [4.78, 5) is 16.5. The number of Topliss-reactive ketones (excluding diaryl/α,β-unsaturated/α-hetero) is 1. The summed E-state index contributed by atoms with van der Waals surface area (Å²) in [6.07, 6.45) is 1.08. The molecule has 1 aromatic rings. The summed E-state index contributed by atoms with van der Waals surface area (Å²) in [5.41, 5.74) is 0.796. The molecule has 0 bridgehead atoms. The van der Waals surface area contributed by atoms with E-state index in [0.29, 0.717) is 0 Å². The standard InChI is InChI=1S/C15H24N2O/c1-13(17(4)12-8-11-16(2)3)15(18)14-9-6-5-7-10-14/h5-7,9-10,13H,8,11-12H2,1-4H3. The Morgan fingerprint density at radius 2 is 1.72 bits per heavy atom. The Morgan fingerprint density at radius 3 is 2.28 bits per heavy atom. The summed E-state index contributed by atoms with van der Waals surface area (Å²) in [5.74, 6) is 0.197. The van der Waals surface area contributed by atoms with Crippen LogP contribution in [0, 0.1) is 0 Å². The molecular weight excluding hydrogens is 224 g/mol. The Kier molecular flexibility index (Phi) is 6.02. The van der Waals surface area contributed by atoms with Crippen molar-refractivity contribution in [2.24, 2.45) is 0 Å². The van der Waals surface area contributed by atoms with E-state index in [4.69, 9.17) is 0 Å². The molecule has 100 valence electrons. The van der Waals surface area contributed by atoms with Gasteiger partial charge in [-0.3, -0.25) is 9.69 Å². The Morgan fingerprint density at radius 1 is 1.11 bits per heavy atom. The van der Waals surface area contributed by atoms with Crippen LogP contribution in [0.2, 0.25) is 0 Å². The molecule has 0 radical (unpaired) electrons. The van der Waals surface area contributed by atoms with E-state index in [1.165, 1.54) is 0 Å². The van der Waals surface area contributed by atoms with E-state index in [1.807, 2.05) is 44.3 Å². The van der Waals surface area contributed by atoms with E-state index >= 15 is 0 Å². The van der Waals surface area contributed by atoms with E-state index in [1.54, 1.807) is 0 Å². The highest BCUT2D eigenvalue weighted by atomic mass is 16.1. The zero-order valence-corrected chi connectivity index (χ0v) is 11.9. The van der Waals surface area contributed by atoms with Crippen LogP contribution in [-0.4, -0.2) is 55.9 Å². The van der Waals surface area contributed by atoms with Gasteiger partial charge in [0.25, 0.3) is 0 Å². The first-order chi connectivity index (χ1) is 8.52. The van der Waals surface area contributed by atoms with Gasteiger partial charge in [0, 0.05) is 5.56 Å². The third kappa shape index (κ3) is 4.59. The third-order valence-electron chi connectivity index (χ3n) is 3.22. The molecule has 0 fully saturated rings. The molecule has 1 rings (SSSR count). The van der Waals surface area contributed by atoms with Gasteiger partial charge in [-0.1, -0.05) is 30.3 Å². The number of rotatable bonds is 7. The summed E-state index contributed by atoms with van der Waals surface area (Å²) < 4.78 is 0. The monoisotopic (exact) mass is 248 g/mol. The van der Waals surface area contributed by atoms with Crippen LogP contribution in [0.3, 0.4) is 0 Å². The van der Waals surface area contributed by atoms with Crippen molar-refractivity contribution in [2.45, 2.75) is 19.4 Å². The average molecular weight is 248 g/mol. The van der Waals surface area contributed by atoms with Crippen LogP contribution in [-0.2, 0) is 0 Å². The number of ketones is 1. The molecule has 0 saturated heterocycles. The lowest BCUT2D eigenvalue weighted by molar-refractivity contribution is 0.0865. The first-order valence-electron chi connectivity index (χ1n) is 6.46. The average Bonchev–Trinajstić information content (AvgIpc) is 2.37. The number of carbonyl (C=O) groups excluding carboxylic acids is 1. The predicted octanol–water partition coefficient (Wildman–Crippen LogP) is 2.14. The van der Waals surface area contributed by atoms with Crippen molar-refractivity contribution in [3.05, 3.63) is 35.9 Å². The van der Waals surface area contributed by atoms with E-state index < -0.39 is 0 Å². The zero-order chi connectivity index (χ0) is 13.5. The molecule has 18 heavy (non-hydrogen) atoms. The van der Waals surface area contributed by atoms with Crippen molar-refractivity contribution in [1.29, 1.82) is 0 Å². The molecule has 0 aliphatic carbocycles. The summed E-state index contributed by atoms with van der Waals surface area (Å²) in [6, 6.07) is 9.45. The second-order valence-corrected chi connectivity index (χ2v) is 5.04. The van der Waals surface area contributed by atoms with Crippen LogP contribution < -0.4 is 0 Å². The zero-order valence-electron chi connectivity index (χ0n) is 11.9. The highest BCUT2D eigenvalue weighted by Crippen LogP contribution is 2.08. The van der Waals surface area contributed by atoms with Gasteiger partial charge in [0.2, 0.25) is 0 Å². The van der Waals surface area contributed by atoms with Crippen LogP contribution in [0.1, 0.15) is 23.7 Å². The Bertz CT molecular complexity index is 362. The molecule has 0 aromatic heterocycles. The second-order valence-electron chi connectivity index (χ2n) is 5.04. The van der Waals surface area contributed by atoms with Gasteiger partial charge < -0.3 is 4.90 Å². The lowest BCUT2D eigenvalue weighted by Crippen LogP contribution is -2.37. The fourth-order valence-corrected chi connectivity index (χ4v) is 1.87. The van der Waals surface area contributed by atoms with Gasteiger partial charge in [-0.2, -0.15) is 0 Å². The van der Waals surface area contributed by atoms with Crippen LogP contribution in [0.25, 0.3) is 0 Å². The van der Waals surface area contributed by atoms with Gasteiger partial charge >= 0.3 is 0 Å². The molecule has 3 heteroatoms. The van der Waals surface area contributed by atoms with Crippen LogP contribution in [0.5, 0.6) is 0 Å². The first-order valence-corrected chi connectivity index (χ1v) is 6.46. The minimum absolute atomic E-state index is 0.0606. The van der Waals surface area contributed by atoms with Gasteiger partial charge in [0.1, 0.15) is 0 Å². The van der Waals surface area contributed by atoms with Crippen LogP contribution in [0.15, 0.2) is 30.3 Å². The number of benzene rings is 1. The number of hydrogen-bond donors (Lipinski definition) is 0. The minimum Gasteiger partial charge on any atom is -0.309 e. The molecule has 0 saturated carbocycles. The minimum atomic E-state index is -0.0606. The Labute approximate surface area is 110 Å².